The van der Waals surface area contributed by atoms with Gasteiger partial charge in [-0.25, -0.2) is 4.99 Å². The van der Waals surface area contributed by atoms with Gasteiger partial charge in [0.15, 0.2) is 11.3 Å². The van der Waals surface area contributed by atoms with E-state index in [-0.39, 0.29) is 12.1 Å². The van der Waals surface area contributed by atoms with Crippen LogP contribution in [0.1, 0.15) is 12.8 Å². The highest BCUT2D eigenvalue weighted by Gasteiger charge is 2.42. The van der Waals surface area contributed by atoms with E-state index in [0.717, 1.165) is 29.2 Å². The molecular weight excluding hydrogens is 235 g/mol. The maximum Gasteiger partial charge on any atom is 0.178 e. The summed E-state index contributed by atoms with van der Waals surface area (Å²) in [6.45, 7) is 0. The van der Waals surface area contributed by atoms with Crippen LogP contribution < -0.4 is 0 Å². The lowest BCUT2D eigenvalue weighted by molar-refractivity contribution is 0.208. The van der Waals surface area contributed by atoms with Crippen LogP contribution in [0.5, 0.6) is 0 Å². The first-order chi connectivity index (χ1) is 7.27. The first-order valence-corrected chi connectivity index (χ1v) is 5.53. The van der Waals surface area contributed by atoms with E-state index in [2.05, 4.69) is 16.1 Å². The molecule has 2 atom stereocenters. The third-order valence-corrected chi connectivity index (χ3v) is 3.40. The average molecular weight is 243 g/mol. The summed E-state index contributed by atoms with van der Waals surface area (Å²) in [5.74, 6) is 0.755. The molecular formula is C10H8Cl2N2O. The Morgan fingerprint density at radius 1 is 1.40 bits per heavy atom. The van der Waals surface area contributed by atoms with Crippen molar-refractivity contribution in [2.45, 2.75) is 25.0 Å². The lowest BCUT2D eigenvalue weighted by atomic mass is 9.98. The van der Waals surface area contributed by atoms with Crippen LogP contribution in [0.25, 0.3) is 0 Å². The zero-order valence-corrected chi connectivity index (χ0v) is 9.29. The quantitative estimate of drug-likeness (QED) is 0.643. The molecule has 3 rings (SSSR count). The molecule has 1 saturated heterocycles. The van der Waals surface area contributed by atoms with Crippen molar-refractivity contribution in [3.8, 4) is 0 Å². The summed E-state index contributed by atoms with van der Waals surface area (Å²) in [5, 5.41) is 1.21. The third-order valence-electron chi connectivity index (χ3n) is 2.73. The summed E-state index contributed by atoms with van der Waals surface area (Å²) in [7, 11) is 0. The Balaban J connectivity index is 2.07. The SMILES string of the molecule is ClC1=NC=NC2C3=CCCC(Cl)=C3O[C@@H]12. The Kier molecular flexibility index (Phi) is 2.11. The van der Waals surface area contributed by atoms with Gasteiger partial charge in [0.05, 0.1) is 5.03 Å². The minimum absolute atomic E-state index is 0.0564. The van der Waals surface area contributed by atoms with E-state index in [4.69, 9.17) is 27.9 Å². The molecule has 0 N–H and O–H groups in total. The topological polar surface area (TPSA) is 34.0 Å². The maximum atomic E-state index is 6.11. The molecule has 0 spiro atoms. The smallest absolute Gasteiger partial charge is 0.178 e. The summed E-state index contributed by atoms with van der Waals surface area (Å²) >= 11 is 12.1. The number of hydrogen-bond acceptors (Lipinski definition) is 3. The Morgan fingerprint density at radius 2 is 2.27 bits per heavy atom. The van der Waals surface area contributed by atoms with E-state index < -0.39 is 0 Å². The third kappa shape index (κ3) is 1.34. The lowest BCUT2D eigenvalue weighted by Gasteiger charge is -2.15. The number of ether oxygens (including phenoxy) is 1. The molecule has 0 radical (unpaired) electrons. The number of rotatable bonds is 0. The molecule has 5 heteroatoms. The second kappa shape index (κ2) is 3.35. The van der Waals surface area contributed by atoms with Crippen molar-refractivity contribution in [1.82, 2.24) is 0 Å². The number of aliphatic imine (C=N–C) groups is 2. The van der Waals surface area contributed by atoms with Gasteiger partial charge in [0.1, 0.15) is 18.1 Å². The van der Waals surface area contributed by atoms with Gasteiger partial charge in [0.2, 0.25) is 0 Å². The lowest BCUT2D eigenvalue weighted by Crippen LogP contribution is -2.29. The summed E-state index contributed by atoms with van der Waals surface area (Å²) in [6.07, 6.45) is 5.11. The van der Waals surface area contributed by atoms with Gasteiger partial charge in [0.25, 0.3) is 0 Å². The average Bonchev–Trinajstić information content (AvgIpc) is 2.60. The molecule has 3 nitrogen and oxygen atoms in total. The highest BCUT2D eigenvalue weighted by Crippen LogP contribution is 2.41. The molecule has 2 heterocycles. The second-order valence-corrected chi connectivity index (χ2v) is 4.48. The Labute approximate surface area is 97.1 Å². The van der Waals surface area contributed by atoms with Gasteiger partial charge in [-0.3, -0.25) is 4.99 Å². The van der Waals surface area contributed by atoms with Gasteiger partial charge >= 0.3 is 0 Å². The van der Waals surface area contributed by atoms with Crippen molar-refractivity contribution in [3.63, 3.8) is 0 Å². The number of nitrogens with zero attached hydrogens (tertiary/aromatic N) is 2. The number of halogens is 2. The van der Waals surface area contributed by atoms with Gasteiger partial charge < -0.3 is 4.74 Å². The molecule has 1 fully saturated rings. The van der Waals surface area contributed by atoms with E-state index in [1.807, 2.05) is 0 Å². The zero-order chi connectivity index (χ0) is 10.4. The standard InChI is InChI=1S/C10H8Cl2N2O/c11-6-3-1-2-5-7-9(15-8(5)6)10(12)14-4-13-7/h2,4,7,9H,1,3H2/t7?,9-/m1/s1. The van der Waals surface area contributed by atoms with Gasteiger partial charge in [-0.05, 0) is 12.8 Å². The molecule has 0 amide bonds. The van der Waals surface area contributed by atoms with Crippen molar-refractivity contribution < 1.29 is 4.74 Å². The van der Waals surface area contributed by atoms with E-state index in [1.54, 1.807) is 0 Å². The van der Waals surface area contributed by atoms with E-state index >= 15 is 0 Å². The Bertz CT molecular complexity index is 437. The van der Waals surface area contributed by atoms with Crippen molar-refractivity contribution in [2.24, 2.45) is 9.98 Å². The Hall–Kier alpha value is -0.800. The van der Waals surface area contributed by atoms with Crippen LogP contribution in [0.15, 0.2) is 32.4 Å². The van der Waals surface area contributed by atoms with Gasteiger partial charge in [-0.1, -0.05) is 29.3 Å². The minimum atomic E-state index is -0.273. The molecule has 3 aliphatic rings. The largest absolute Gasteiger partial charge is 0.479 e. The summed E-state index contributed by atoms with van der Waals surface area (Å²) in [6, 6.07) is -0.0564. The predicted molar refractivity (Wildman–Crippen MR) is 60.6 cm³/mol. The van der Waals surface area contributed by atoms with Crippen LogP contribution in [0.4, 0.5) is 0 Å². The van der Waals surface area contributed by atoms with Crippen molar-refractivity contribution in [3.05, 3.63) is 22.4 Å². The molecule has 15 heavy (non-hydrogen) atoms. The van der Waals surface area contributed by atoms with Crippen LogP contribution in [0.3, 0.4) is 0 Å². The molecule has 78 valence electrons. The Morgan fingerprint density at radius 3 is 3.13 bits per heavy atom. The maximum absolute atomic E-state index is 6.11. The fourth-order valence-electron chi connectivity index (χ4n) is 2.03. The number of hydrogen-bond donors (Lipinski definition) is 0. The fraction of sp³-hybridized carbons (Fsp3) is 0.400. The minimum Gasteiger partial charge on any atom is -0.479 e. The fourth-order valence-corrected chi connectivity index (χ4v) is 2.50. The van der Waals surface area contributed by atoms with Crippen LogP contribution >= 0.6 is 23.2 Å². The van der Waals surface area contributed by atoms with E-state index in [9.17, 15) is 0 Å². The summed E-state index contributed by atoms with van der Waals surface area (Å²) in [4.78, 5) is 8.21. The van der Waals surface area contributed by atoms with E-state index in [1.165, 1.54) is 6.34 Å². The molecule has 1 unspecified atom stereocenters. The molecule has 0 aromatic rings. The summed E-state index contributed by atoms with van der Waals surface area (Å²) < 4.78 is 5.70. The second-order valence-electron chi connectivity index (χ2n) is 3.63. The number of fused-ring (bicyclic) bond motifs is 3. The van der Waals surface area contributed by atoms with Gasteiger partial charge in [-0.15, -0.1) is 0 Å². The van der Waals surface area contributed by atoms with Crippen LogP contribution in [-0.4, -0.2) is 23.7 Å². The molecule has 0 saturated carbocycles. The van der Waals surface area contributed by atoms with Crippen LogP contribution in [-0.2, 0) is 4.74 Å². The summed E-state index contributed by atoms with van der Waals surface area (Å²) in [5.41, 5.74) is 1.06. The zero-order valence-electron chi connectivity index (χ0n) is 7.78. The highest BCUT2D eigenvalue weighted by atomic mass is 35.5. The molecule has 0 bridgehead atoms. The van der Waals surface area contributed by atoms with E-state index in [0.29, 0.717) is 5.17 Å². The van der Waals surface area contributed by atoms with Crippen LogP contribution in [0.2, 0.25) is 0 Å². The molecule has 0 aromatic carbocycles. The van der Waals surface area contributed by atoms with Gasteiger partial charge in [-0.2, -0.15) is 0 Å². The first-order valence-electron chi connectivity index (χ1n) is 4.78. The van der Waals surface area contributed by atoms with Crippen molar-refractivity contribution in [2.75, 3.05) is 0 Å². The molecule has 1 aliphatic carbocycles. The first kappa shape index (κ1) is 9.43. The number of allylic oxidation sites excluding steroid dienone is 2. The predicted octanol–water partition coefficient (Wildman–Crippen LogP) is 2.60. The van der Waals surface area contributed by atoms with Gasteiger partial charge in [0, 0.05) is 5.57 Å². The normalized spacial score (nSPS) is 32.9. The van der Waals surface area contributed by atoms with Crippen LogP contribution in [0, 0.1) is 0 Å². The molecule has 0 aromatic heterocycles. The van der Waals surface area contributed by atoms with Crippen molar-refractivity contribution >= 4 is 34.7 Å². The molecule has 2 aliphatic heterocycles. The highest BCUT2D eigenvalue weighted by molar-refractivity contribution is 6.67. The van der Waals surface area contributed by atoms with Crippen molar-refractivity contribution in [1.29, 1.82) is 0 Å². The monoisotopic (exact) mass is 242 g/mol.